The van der Waals surface area contributed by atoms with Gasteiger partial charge in [0.2, 0.25) is 0 Å². The van der Waals surface area contributed by atoms with Gasteiger partial charge in [-0.3, -0.25) is 0 Å². The molecule has 0 bridgehead atoms. The number of aliphatic hydroxyl groups excluding tert-OH is 1. The number of fused-ring (bicyclic) bond motifs is 1. The van der Waals surface area contributed by atoms with Gasteiger partial charge in [-0.25, -0.2) is 9.50 Å². The summed E-state index contributed by atoms with van der Waals surface area (Å²) in [4.78, 5) is 6.79. The van der Waals surface area contributed by atoms with Crippen molar-refractivity contribution in [2.75, 3.05) is 18.1 Å². The highest BCUT2D eigenvalue weighted by molar-refractivity contribution is 5.69. The number of aromatic nitrogens is 3. The predicted octanol–water partition coefficient (Wildman–Crippen LogP) is 1.78. The molecular weight excluding hydrogens is 240 g/mol. The fourth-order valence-electron chi connectivity index (χ4n) is 2.90. The molecule has 0 aliphatic carbocycles. The normalized spacial score (nSPS) is 20.7. The van der Waals surface area contributed by atoms with Gasteiger partial charge >= 0.3 is 0 Å². The first-order valence-corrected chi connectivity index (χ1v) is 6.98. The molecule has 1 unspecified atom stereocenters. The van der Waals surface area contributed by atoms with Gasteiger partial charge in [-0.2, -0.15) is 5.10 Å². The van der Waals surface area contributed by atoms with Crippen LogP contribution in [0.25, 0.3) is 5.52 Å². The van der Waals surface area contributed by atoms with Gasteiger partial charge in [-0.15, -0.1) is 0 Å². The Kier molecular flexibility index (Phi) is 3.38. The second kappa shape index (κ2) is 5.17. The third kappa shape index (κ3) is 2.30. The first kappa shape index (κ1) is 12.4. The molecule has 1 saturated heterocycles. The van der Waals surface area contributed by atoms with E-state index >= 15 is 0 Å². The van der Waals surface area contributed by atoms with Crippen LogP contribution in [0, 0.1) is 6.92 Å². The summed E-state index contributed by atoms with van der Waals surface area (Å²) in [5, 5.41) is 14.1. The lowest BCUT2D eigenvalue weighted by Gasteiger charge is -2.29. The first-order valence-electron chi connectivity index (χ1n) is 6.98. The van der Waals surface area contributed by atoms with Crippen LogP contribution < -0.4 is 4.90 Å². The Morgan fingerprint density at radius 1 is 1.37 bits per heavy atom. The second-order valence-corrected chi connectivity index (χ2v) is 5.25. The summed E-state index contributed by atoms with van der Waals surface area (Å²) >= 11 is 0. The fraction of sp³-hybridized carbons (Fsp3) is 0.571. The Balaban J connectivity index is 2.05. The highest BCUT2D eigenvalue weighted by atomic mass is 16.3. The molecule has 0 spiro atoms. The summed E-state index contributed by atoms with van der Waals surface area (Å²) in [6.45, 7) is 3.14. The number of aliphatic hydroxyl groups is 1. The highest BCUT2D eigenvalue weighted by Gasteiger charge is 2.23. The van der Waals surface area contributed by atoms with Crippen LogP contribution in [0.5, 0.6) is 0 Å². The SMILES string of the molecule is Cc1cc2c(N3CCCCCC3CO)nccn2n1. The molecule has 0 amide bonds. The molecule has 0 radical (unpaired) electrons. The monoisotopic (exact) mass is 260 g/mol. The zero-order valence-electron chi connectivity index (χ0n) is 11.3. The molecule has 1 atom stereocenters. The largest absolute Gasteiger partial charge is 0.394 e. The van der Waals surface area contributed by atoms with Gasteiger partial charge in [0.25, 0.3) is 0 Å². The van der Waals surface area contributed by atoms with E-state index in [4.69, 9.17) is 0 Å². The summed E-state index contributed by atoms with van der Waals surface area (Å²) in [5.41, 5.74) is 2.02. The van der Waals surface area contributed by atoms with Gasteiger partial charge < -0.3 is 10.0 Å². The quantitative estimate of drug-likeness (QED) is 0.894. The topological polar surface area (TPSA) is 53.7 Å². The molecule has 1 N–H and O–H groups in total. The van der Waals surface area contributed by atoms with Crippen LogP contribution in [-0.2, 0) is 0 Å². The molecule has 1 aliphatic rings. The van der Waals surface area contributed by atoms with Crippen molar-refractivity contribution in [2.45, 2.75) is 38.6 Å². The van der Waals surface area contributed by atoms with Crippen LogP contribution in [0.2, 0.25) is 0 Å². The maximum Gasteiger partial charge on any atom is 0.155 e. The first-order chi connectivity index (χ1) is 9.29. The average Bonchev–Trinajstić information content (AvgIpc) is 2.65. The smallest absolute Gasteiger partial charge is 0.155 e. The zero-order chi connectivity index (χ0) is 13.2. The molecule has 102 valence electrons. The molecule has 1 aliphatic heterocycles. The van der Waals surface area contributed by atoms with Gasteiger partial charge in [-0.1, -0.05) is 12.8 Å². The lowest BCUT2D eigenvalue weighted by atomic mass is 10.1. The molecule has 3 rings (SSSR count). The Morgan fingerprint density at radius 3 is 3.11 bits per heavy atom. The number of nitrogens with zero attached hydrogens (tertiary/aromatic N) is 4. The zero-order valence-corrected chi connectivity index (χ0v) is 11.3. The van der Waals surface area contributed by atoms with E-state index in [1.807, 2.05) is 17.6 Å². The minimum absolute atomic E-state index is 0.177. The van der Waals surface area contributed by atoms with Gasteiger partial charge in [0, 0.05) is 18.9 Å². The fourth-order valence-corrected chi connectivity index (χ4v) is 2.90. The number of hydrogen-bond acceptors (Lipinski definition) is 4. The summed E-state index contributed by atoms with van der Waals surface area (Å²) in [5.74, 6) is 0.948. The van der Waals surface area contributed by atoms with E-state index in [0.717, 1.165) is 36.4 Å². The lowest BCUT2D eigenvalue weighted by Crippen LogP contribution is -2.38. The Hall–Kier alpha value is -1.62. The molecule has 19 heavy (non-hydrogen) atoms. The predicted molar refractivity (Wildman–Crippen MR) is 74.4 cm³/mol. The van der Waals surface area contributed by atoms with Crippen molar-refractivity contribution in [1.82, 2.24) is 14.6 Å². The average molecular weight is 260 g/mol. The van der Waals surface area contributed by atoms with Crippen molar-refractivity contribution >= 4 is 11.3 Å². The van der Waals surface area contributed by atoms with Crippen LogP contribution in [0.15, 0.2) is 18.5 Å². The van der Waals surface area contributed by atoms with E-state index in [9.17, 15) is 5.11 Å². The maximum atomic E-state index is 9.63. The van der Waals surface area contributed by atoms with Crippen LogP contribution >= 0.6 is 0 Å². The molecule has 5 heteroatoms. The van der Waals surface area contributed by atoms with Crippen molar-refractivity contribution in [3.8, 4) is 0 Å². The van der Waals surface area contributed by atoms with Gasteiger partial charge in [-0.05, 0) is 25.8 Å². The number of aryl methyl sites for hydroxylation is 1. The third-order valence-electron chi connectivity index (χ3n) is 3.85. The molecular formula is C14H20N4O. The van der Waals surface area contributed by atoms with Crippen LogP contribution in [0.4, 0.5) is 5.82 Å². The lowest BCUT2D eigenvalue weighted by molar-refractivity contribution is 0.254. The Bertz CT molecular complexity index is 566. The van der Waals surface area contributed by atoms with Crippen LogP contribution in [0.1, 0.15) is 31.4 Å². The highest BCUT2D eigenvalue weighted by Crippen LogP contribution is 2.26. The van der Waals surface area contributed by atoms with E-state index in [1.54, 1.807) is 6.20 Å². The van der Waals surface area contributed by atoms with Crippen LogP contribution in [0.3, 0.4) is 0 Å². The number of anilines is 1. The minimum atomic E-state index is 0.177. The molecule has 3 heterocycles. The third-order valence-corrected chi connectivity index (χ3v) is 3.85. The minimum Gasteiger partial charge on any atom is -0.394 e. The summed E-state index contributed by atoms with van der Waals surface area (Å²) in [7, 11) is 0. The van der Waals surface area contributed by atoms with E-state index in [0.29, 0.717) is 0 Å². The van der Waals surface area contributed by atoms with E-state index in [-0.39, 0.29) is 12.6 Å². The van der Waals surface area contributed by atoms with Crippen molar-refractivity contribution < 1.29 is 5.11 Å². The van der Waals surface area contributed by atoms with Gasteiger partial charge in [0.05, 0.1) is 18.3 Å². The molecule has 5 nitrogen and oxygen atoms in total. The van der Waals surface area contributed by atoms with Crippen molar-refractivity contribution in [1.29, 1.82) is 0 Å². The molecule has 2 aromatic heterocycles. The standard InChI is InChI=1S/C14H20N4O/c1-11-9-13-14(15-6-8-18(13)16-11)17-7-4-2-3-5-12(17)10-19/h6,8-9,12,19H,2-5,7,10H2,1H3. The number of hydrogen-bond donors (Lipinski definition) is 1. The molecule has 1 fully saturated rings. The summed E-state index contributed by atoms with van der Waals surface area (Å²) < 4.78 is 1.87. The van der Waals surface area contributed by atoms with E-state index in [2.05, 4.69) is 21.0 Å². The maximum absolute atomic E-state index is 9.63. The Labute approximate surface area is 112 Å². The van der Waals surface area contributed by atoms with Gasteiger partial charge in [0.15, 0.2) is 5.82 Å². The van der Waals surface area contributed by atoms with Crippen molar-refractivity contribution in [3.05, 3.63) is 24.2 Å². The Morgan fingerprint density at radius 2 is 2.26 bits per heavy atom. The van der Waals surface area contributed by atoms with E-state index < -0.39 is 0 Å². The van der Waals surface area contributed by atoms with Crippen molar-refractivity contribution in [2.24, 2.45) is 0 Å². The van der Waals surface area contributed by atoms with E-state index in [1.165, 1.54) is 12.8 Å². The summed E-state index contributed by atoms with van der Waals surface area (Å²) in [6, 6.07) is 2.23. The molecule has 0 saturated carbocycles. The van der Waals surface area contributed by atoms with Crippen LogP contribution in [-0.4, -0.2) is 38.9 Å². The van der Waals surface area contributed by atoms with Gasteiger partial charge in [0.1, 0.15) is 5.52 Å². The van der Waals surface area contributed by atoms with Crippen molar-refractivity contribution in [3.63, 3.8) is 0 Å². The second-order valence-electron chi connectivity index (χ2n) is 5.25. The summed E-state index contributed by atoms with van der Waals surface area (Å²) in [6.07, 6.45) is 8.27. The number of rotatable bonds is 2. The molecule has 0 aromatic carbocycles. The molecule has 2 aromatic rings.